The summed E-state index contributed by atoms with van der Waals surface area (Å²) in [6, 6.07) is 16.4. The van der Waals surface area contributed by atoms with Gasteiger partial charge in [-0.3, -0.25) is 9.10 Å². The number of benzene rings is 2. The van der Waals surface area contributed by atoms with E-state index < -0.39 is 26.0 Å². The fourth-order valence-corrected chi connectivity index (χ4v) is 6.27. The van der Waals surface area contributed by atoms with Gasteiger partial charge in [-0.1, -0.05) is 6.07 Å². The second-order valence-corrected chi connectivity index (χ2v) is 11.9. The maximum atomic E-state index is 12.7. The molecule has 2 aromatic carbocycles. The van der Waals surface area contributed by atoms with Crippen LogP contribution in [-0.4, -0.2) is 39.8 Å². The Bertz CT molecular complexity index is 1520. The second kappa shape index (κ2) is 9.82. The molecule has 0 aliphatic carbocycles. The lowest BCUT2D eigenvalue weighted by Gasteiger charge is -2.18. The lowest BCUT2D eigenvalue weighted by molar-refractivity contribution is 0.102. The van der Waals surface area contributed by atoms with Crippen molar-refractivity contribution in [1.29, 1.82) is 0 Å². The van der Waals surface area contributed by atoms with Gasteiger partial charge in [0.25, 0.3) is 26.0 Å². The van der Waals surface area contributed by atoms with Crippen LogP contribution in [0.3, 0.4) is 0 Å². The highest BCUT2D eigenvalue weighted by Crippen LogP contribution is 2.25. The summed E-state index contributed by atoms with van der Waals surface area (Å²) in [5.41, 5.74) is 1.08. The van der Waals surface area contributed by atoms with Gasteiger partial charge in [-0.15, -0.1) is 11.3 Å². The van der Waals surface area contributed by atoms with Crippen molar-refractivity contribution < 1.29 is 21.6 Å². The molecule has 1 amide bonds. The van der Waals surface area contributed by atoms with E-state index in [-0.39, 0.29) is 15.1 Å². The summed E-state index contributed by atoms with van der Waals surface area (Å²) >= 11 is 1.12. The minimum atomic E-state index is -3.89. The van der Waals surface area contributed by atoms with Gasteiger partial charge in [0.2, 0.25) is 5.95 Å². The molecule has 2 N–H and O–H groups in total. The number of nitrogens with zero attached hydrogens (tertiary/aromatic N) is 3. The van der Waals surface area contributed by atoms with Crippen LogP contribution in [0.2, 0.25) is 0 Å². The SMILES string of the molecule is CN(c1ccc(C(=O)Nc2ccc(S(=O)(=O)Nc3ncccn3)cc2)cc1)S(=O)(=O)c1cccs1. The van der Waals surface area contributed by atoms with Crippen LogP contribution >= 0.6 is 11.3 Å². The van der Waals surface area contributed by atoms with Crippen LogP contribution in [0.5, 0.6) is 0 Å². The minimum Gasteiger partial charge on any atom is -0.322 e. The zero-order chi connectivity index (χ0) is 25.1. The van der Waals surface area contributed by atoms with Crippen LogP contribution in [0.15, 0.2) is 93.6 Å². The number of hydrogen-bond donors (Lipinski definition) is 2. The van der Waals surface area contributed by atoms with Crippen LogP contribution in [-0.2, 0) is 20.0 Å². The van der Waals surface area contributed by atoms with Crippen molar-refractivity contribution in [2.75, 3.05) is 21.4 Å². The Morgan fingerprint density at radius 1 is 0.886 bits per heavy atom. The van der Waals surface area contributed by atoms with Crippen LogP contribution in [0.4, 0.5) is 17.3 Å². The van der Waals surface area contributed by atoms with Gasteiger partial charge in [-0.25, -0.2) is 31.5 Å². The fourth-order valence-electron chi connectivity index (χ4n) is 2.96. The van der Waals surface area contributed by atoms with E-state index in [0.29, 0.717) is 16.9 Å². The Morgan fingerprint density at radius 2 is 1.54 bits per heavy atom. The molecule has 0 saturated heterocycles. The molecule has 2 heterocycles. The number of aromatic nitrogens is 2. The molecule has 13 heteroatoms. The Balaban J connectivity index is 1.42. The van der Waals surface area contributed by atoms with Crippen molar-refractivity contribution in [3.8, 4) is 0 Å². The number of carbonyl (C=O) groups excluding carboxylic acids is 1. The lowest BCUT2D eigenvalue weighted by Crippen LogP contribution is -2.25. The summed E-state index contributed by atoms with van der Waals surface area (Å²) in [7, 11) is -6.13. The molecule has 0 unspecified atom stereocenters. The summed E-state index contributed by atoms with van der Waals surface area (Å²) in [6.45, 7) is 0. The fraction of sp³-hybridized carbons (Fsp3) is 0.0455. The Kier molecular flexibility index (Phi) is 6.82. The first kappa shape index (κ1) is 24.3. The largest absolute Gasteiger partial charge is 0.322 e. The van der Waals surface area contributed by atoms with E-state index in [4.69, 9.17) is 0 Å². The maximum absolute atomic E-state index is 12.7. The van der Waals surface area contributed by atoms with Crippen LogP contribution < -0.4 is 14.3 Å². The molecule has 2 aromatic heterocycles. The number of amides is 1. The van der Waals surface area contributed by atoms with Crippen molar-refractivity contribution in [3.63, 3.8) is 0 Å². The summed E-state index contributed by atoms with van der Waals surface area (Å²) in [6.07, 6.45) is 2.83. The highest BCUT2D eigenvalue weighted by molar-refractivity contribution is 7.94. The molecule has 0 saturated carbocycles. The van der Waals surface area contributed by atoms with Crippen molar-refractivity contribution in [3.05, 3.63) is 90.1 Å². The first-order valence-corrected chi connectivity index (χ1v) is 13.8. The maximum Gasteiger partial charge on any atom is 0.273 e. The van der Waals surface area contributed by atoms with E-state index in [1.807, 2.05) is 0 Å². The number of nitrogens with one attached hydrogen (secondary N) is 2. The molecular weight excluding hydrogens is 510 g/mol. The molecule has 4 rings (SSSR count). The average Bonchev–Trinajstić information content (AvgIpc) is 3.40. The zero-order valence-electron chi connectivity index (χ0n) is 18.2. The molecule has 0 atom stereocenters. The molecule has 0 aliphatic rings. The summed E-state index contributed by atoms with van der Waals surface area (Å²) in [5.74, 6) is -0.492. The standard InChI is InChI=1S/C22H19N5O5S3/c1-27(35(31,32)20-4-2-15-33-20)18-9-5-16(6-10-18)21(28)25-17-7-11-19(12-8-17)34(29,30)26-22-23-13-3-14-24-22/h2-15H,1H3,(H,25,28)(H,23,24,26). The molecule has 0 radical (unpaired) electrons. The van der Waals surface area contributed by atoms with E-state index in [1.165, 1.54) is 74.0 Å². The van der Waals surface area contributed by atoms with Gasteiger partial charge in [-0.2, -0.15) is 0 Å². The monoisotopic (exact) mass is 529 g/mol. The number of thiophene rings is 1. The Morgan fingerprint density at radius 3 is 2.14 bits per heavy atom. The third-order valence-corrected chi connectivity index (χ3v) is 9.32. The topological polar surface area (TPSA) is 138 Å². The number of hydrogen-bond acceptors (Lipinski definition) is 8. The van der Waals surface area contributed by atoms with Gasteiger partial charge >= 0.3 is 0 Å². The first-order valence-electron chi connectivity index (χ1n) is 10.0. The van der Waals surface area contributed by atoms with Gasteiger partial charge in [0.05, 0.1) is 10.6 Å². The van der Waals surface area contributed by atoms with Gasteiger partial charge < -0.3 is 5.32 Å². The molecule has 0 spiro atoms. The molecule has 0 fully saturated rings. The Labute approximate surface area is 206 Å². The molecule has 35 heavy (non-hydrogen) atoms. The molecule has 180 valence electrons. The molecule has 0 aliphatic heterocycles. The van der Waals surface area contributed by atoms with Crippen molar-refractivity contribution in [1.82, 2.24) is 9.97 Å². The predicted molar refractivity (Wildman–Crippen MR) is 134 cm³/mol. The van der Waals surface area contributed by atoms with E-state index in [9.17, 15) is 21.6 Å². The summed E-state index contributed by atoms with van der Waals surface area (Å²) in [5, 5.41) is 4.36. The van der Waals surface area contributed by atoms with Gasteiger partial charge in [0.15, 0.2) is 0 Å². The third-order valence-electron chi connectivity index (χ3n) is 4.82. The Hall–Kier alpha value is -3.81. The highest BCUT2D eigenvalue weighted by atomic mass is 32.2. The number of rotatable bonds is 8. The normalized spacial score (nSPS) is 11.6. The minimum absolute atomic E-state index is 0.0257. The quantitative estimate of drug-likeness (QED) is 0.357. The van der Waals surface area contributed by atoms with Gasteiger partial charge in [-0.05, 0) is 66.0 Å². The van der Waals surface area contributed by atoms with Gasteiger partial charge in [0.1, 0.15) is 4.21 Å². The average molecular weight is 530 g/mol. The first-order chi connectivity index (χ1) is 16.7. The van der Waals surface area contributed by atoms with E-state index in [0.717, 1.165) is 15.6 Å². The van der Waals surface area contributed by atoms with E-state index in [1.54, 1.807) is 17.5 Å². The van der Waals surface area contributed by atoms with Crippen LogP contribution in [0.1, 0.15) is 10.4 Å². The lowest BCUT2D eigenvalue weighted by atomic mass is 10.2. The molecule has 4 aromatic rings. The molecular formula is C22H19N5O5S3. The van der Waals surface area contributed by atoms with Crippen LogP contribution in [0.25, 0.3) is 0 Å². The zero-order valence-corrected chi connectivity index (χ0v) is 20.6. The third kappa shape index (κ3) is 5.48. The van der Waals surface area contributed by atoms with E-state index >= 15 is 0 Å². The predicted octanol–water partition coefficient (Wildman–Crippen LogP) is 3.42. The van der Waals surface area contributed by atoms with Crippen LogP contribution in [0, 0.1) is 0 Å². The molecule has 10 nitrogen and oxygen atoms in total. The van der Waals surface area contributed by atoms with Gasteiger partial charge in [0, 0.05) is 30.7 Å². The van der Waals surface area contributed by atoms with E-state index in [2.05, 4.69) is 20.0 Å². The number of anilines is 3. The number of carbonyl (C=O) groups is 1. The smallest absolute Gasteiger partial charge is 0.273 e. The highest BCUT2D eigenvalue weighted by Gasteiger charge is 2.22. The van der Waals surface area contributed by atoms with Crippen molar-refractivity contribution in [2.45, 2.75) is 9.10 Å². The molecule has 0 bridgehead atoms. The van der Waals surface area contributed by atoms with Crippen molar-refractivity contribution >= 4 is 54.6 Å². The second-order valence-electron chi connectivity index (χ2n) is 7.11. The number of sulfonamides is 2. The summed E-state index contributed by atoms with van der Waals surface area (Å²) < 4.78 is 53.9. The summed E-state index contributed by atoms with van der Waals surface area (Å²) in [4.78, 5) is 20.2. The van der Waals surface area contributed by atoms with Crippen molar-refractivity contribution in [2.24, 2.45) is 0 Å².